The van der Waals surface area contributed by atoms with Crippen LogP contribution in [0.15, 0.2) is 17.1 Å². The van der Waals surface area contributed by atoms with E-state index in [1.54, 1.807) is 6.33 Å². The second-order valence-corrected chi connectivity index (χ2v) is 3.85. The summed E-state index contributed by atoms with van der Waals surface area (Å²) in [5, 5.41) is 4.21. The van der Waals surface area contributed by atoms with Gasteiger partial charge < -0.3 is 10.3 Å². The Labute approximate surface area is 90.3 Å². The quantitative estimate of drug-likeness (QED) is 0.873. The molecule has 5 heteroatoms. The summed E-state index contributed by atoms with van der Waals surface area (Å²) < 4.78 is 1.00. The molecule has 0 unspecified atom stereocenters. The molecule has 0 saturated heterocycles. The molecule has 74 valence electrons. The molecule has 2 heterocycles. The van der Waals surface area contributed by atoms with Crippen LogP contribution in [0.4, 0.5) is 0 Å². The normalized spacial score (nSPS) is 11.0. The van der Waals surface area contributed by atoms with Gasteiger partial charge in [-0.3, -0.25) is 0 Å². The van der Waals surface area contributed by atoms with Crippen molar-refractivity contribution in [3.63, 3.8) is 0 Å². The summed E-state index contributed by atoms with van der Waals surface area (Å²) in [6.07, 6.45) is 4.35. The highest BCUT2D eigenvalue weighted by atomic mass is 79.9. The van der Waals surface area contributed by atoms with E-state index in [1.165, 1.54) is 5.56 Å². The molecule has 0 fully saturated rings. The molecule has 2 rings (SSSR count). The van der Waals surface area contributed by atoms with E-state index in [2.05, 4.69) is 36.2 Å². The number of hydrogen-bond donors (Lipinski definition) is 2. The van der Waals surface area contributed by atoms with Gasteiger partial charge >= 0.3 is 0 Å². The molecule has 0 aliphatic heterocycles. The lowest BCUT2D eigenvalue weighted by atomic mass is 10.2. The van der Waals surface area contributed by atoms with Crippen LogP contribution in [0.3, 0.4) is 0 Å². The minimum absolute atomic E-state index is 0.887. The van der Waals surface area contributed by atoms with Crippen molar-refractivity contribution in [1.82, 2.24) is 20.3 Å². The monoisotopic (exact) mass is 254 g/mol. The van der Waals surface area contributed by atoms with Crippen LogP contribution in [0.1, 0.15) is 5.56 Å². The molecule has 0 aromatic carbocycles. The van der Waals surface area contributed by atoms with E-state index in [4.69, 9.17) is 0 Å². The molecule has 0 radical (unpaired) electrons. The Hall–Kier alpha value is -0.940. The van der Waals surface area contributed by atoms with Gasteiger partial charge in [-0.2, -0.15) is 0 Å². The molecule has 2 aromatic heterocycles. The molecule has 0 aliphatic rings. The summed E-state index contributed by atoms with van der Waals surface area (Å²) in [6.45, 7) is 0.945. The van der Waals surface area contributed by atoms with Gasteiger partial charge in [-0.1, -0.05) is 0 Å². The second kappa shape index (κ2) is 4.06. The fourth-order valence-electron chi connectivity index (χ4n) is 1.44. The largest absolute Gasteiger partial charge is 0.334 e. The molecule has 0 aliphatic carbocycles. The van der Waals surface area contributed by atoms with Crippen LogP contribution in [0.25, 0.3) is 11.0 Å². The summed E-state index contributed by atoms with van der Waals surface area (Å²) in [6, 6.07) is 0. The van der Waals surface area contributed by atoms with Crippen molar-refractivity contribution >= 4 is 27.0 Å². The molecule has 4 nitrogen and oxygen atoms in total. The Morgan fingerprint density at radius 3 is 3.21 bits per heavy atom. The number of fused-ring (bicyclic) bond motifs is 1. The van der Waals surface area contributed by atoms with Gasteiger partial charge in [-0.25, -0.2) is 9.97 Å². The summed E-state index contributed by atoms with van der Waals surface area (Å²) in [4.78, 5) is 11.4. The van der Waals surface area contributed by atoms with E-state index < -0.39 is 0 Å². The van der Waals surface area contributed by atoms with E-state index in [0.29, 0.717) is 0 Å². The second-order valence-electron chi connectivity index (χ2n) is 3.06. The van der Waals surface area contributed by atoms with Crippen LogP contribution in [0.5, 0.6) is 0 Å². The number of H-pyrrole nitrogens is 1. The topological polar surface area (TPSA) is 53.6 Å². The zero-order chi connectivity index (χ0) is 9.97. The first-order valence-electron chi connectivity index (χ1n) is 4.43. The number of halogens is 1. The van der Waals surface area contributed by atoms with Gasteiger partial charge in [0.2, 0.25) is 0 Å². The van der Waals surface area contributed by atoms with Crippen LogP contribution >= 0.6 is 15.9 Å². The van der Waals surface area contributed by atoms with Crippen molar-refractivity contribution in [3.8, 4) is 0 Å². The van der Waals surface area contributed by atoms with Gasteiger partial charge in [0.25, 0.3) is 0 Å². The summed E-state index contributed by atoms with van der Waals surface area (Å²) in [5.41, 5.74) is 2.12. The molecule has 0 atom stereocenters. The molecule has 0 saturated carbocycles. The van der Waals surface area contributed by atoms with Crippen molar-refractivity contribution in [2.75, 3.05) is 13.6 Å². The average molecular weight is 255 g/mol. The predicted molar refractivity (Wildman–Crippen MR) is 59.2 cm³/mol. The SMILES string of the molecule is CNCCc1c(Br)[nH]c2ncncc12. The molecule has 14 heavy (non-hydrogen) atoms. The van der Waals surface area contributed by atoms with Crippen molar-refractivity contribution < 1.29 is 0 Å². The third kappa shape index (κ3) is 1.65. The number of aromatic amines is 1. The molecule has 0 bridgehead atoms. The Morgan fingerprint density at radius 1 is 1.57 bits per heavy atom. The maximum atomic E-state index is 4.15. The van der Waals surface area contributed by atoms with Gasteiger partial charge in [0.1, 0.15) is 12.0 Å². The van der Waals surface area contributed by atoms with Crippen LogP contribution in [-0.2, 0) is 6.42 Å². The molecule has 0 amide bonds. The average Bonchev–Trinajstić information content (AvgIpc) is 2.51. The van der Waals surface area contributed by atoms with E-state index in [9.17, 15) is 0 Å². The van der Waals surface area contributed by atoms with E-state index in [-0.39, 0.29) is 0 Å². The molecular weight excluding hydrogens is 244 g/mol. The van der Waals surface area contributed by atoms with Crippen molar-refractivity contribution in [1.29, 1.82) is 0 Å². The Balaban J connectivity index is 2.45. The van der Waals surface area contributed by atoms with Crippen molar-refractivity contribution in [2.45, 2.75) is 6.42 Å². The highest BCUT2D eigenvalue weighted by molar-refractivity contribution is 9.10. The van der Waals surface area contributed by atoms with Crippen molar-refractivity contribution in [3.05, 3.63) is 22.7 Å². The third-order valence-corrected chi connectivity index (χ3v) is 2.83. The zero-order valence-electron chi connectivity index (χ0n) is 7.84. The number of nitrogens with zero attached hydrogens (tertiary/aromatic N) is 2. The first kappa shape index (κ1) is 9.61. The van der Waals surface area contributed by atoms with E-state index in [1.807, 2.05) is 13.2 Å². The lowest BCUT2D eigenvalue weighted by molar-refractivity contribution is 0.792. The Morgan fingerprint density at radius 2 is 2.43 bits per heavy atom. The Bertz CT molecular complexity index is 437. The van der Waals surface area contributed by atoms with Crippen LogP contribution < -0.4 is 5.32 Å². The van der Waals surface area contributed by atoms with Crippen molar-refractivity contribution in [2.24, 2.45) is 0 Å². The van der Waals surface area contributed by atoms with Gasteiger partial charge in [0, 0.05) is 11.6 Å². The predicted octanol–water partition coefficient (Wildman–Crippen LogP) is 1.48. The van der Waals surface area contributed by atoms with Gasteiger partial charge in [-0.05, 0) is 41.5 Å². The standard InChI is InChI=1S/C9H11BrN4/c1-11-3-2-6-7-4-12-5-13-9(7)14-8(6)10/h4-5,11H,2-3H2,1H3,(H,12,13,14). The molecule has 0 spiro atoms. The number of rotatable bonds is 3. The van der Waals surface area contributed by atoms with Crippen LogP contribution in [0.2, 0.25) is 0 Å². The summed E-state index contributed by atoms with van der Waals surface area (Å²) in [7, 11) is 1.94. The number of likely N-dealkylation sites (N-methyl/N-ethyl adjacent to an activating group) is 1. The van der Waals surface area contributed by atoms with E-state index >= 15 is 0 Å². The highest BCUT2D eigenvalue weighted by Crippen LogP contribution is 2.24. The Kier molecular flexibility index (Phi) is 2.79. The molecule has 2 N–H and O–H groups in total. The van der Waals surface area contributed by atoms with Crippen LogP contribution in [0, 0.1) is 0 Å². The molecule has 2 aromatic rings. The van der Waals surface area contributed by atoms with Gasteiger partial charge in [0.05, 0.1) is 4.60 Å². The summed E-state index contributed by atoms with van der Waals surface area (Å²) >= 11 is 3.49. The van der Waals surface area contributed by atoms with Gasteiger partial charge in [-0.15, -0.1) is 0 Å². The number of aromatic nitrogens is 3. The third-order valence-electron chi connectivity index (χ3n) is 2.16. The number of hydrogen-bond acceptors (Lipinski definition) is 3. The smallest absolute Gasteiger partial charge is 0.141 e. The lowest BCUT2D eigenvalue weighted by Gasteiger charge is -1.98. The summed E-state index contributed by atoms with van der Waals surface area (Å²) in [5.74, 6) is 0. The minimum atomic E-state index is 0.887. The highest BCUT2D eigenvalue weighted by Gasteiger charge is 2.09. The minimum Gasteiger partial charge on any atom is -0.334 e. The van der Waals surface area contributed by atoms with Gasteiger partial charge in [0.15, 0.2) is 0 Å². The first-order valence-corrected chi connectivity index (χ1v) is 5.23. The lowest BCUT2D eigenvalue weighted by Crippen LogP contribution is -2.10. The maximum absolute atomic E-state index is 4.15. The zero-order valence-corrected chi connectivity index (χ0v) is 9.43. The van der Waals surface area contributed by atoms with E-state index in [0.717, 1.165) is 28.6 Å². The fraction of sp³-hybridized carbons (Fsp3) is 0.333. The number of nitrogens with one attached hydrogen (secondary N) is 2. The maximum Gasteiger partial charge on any atom is 0.141 e. The fourth-order valence-corrected chi connectivity index (χ4v) is 2.04. The first-order chi connectivity index (χ1) is 6.83. The molecular formula is C9H11BrN4. The van der Waals surface area contributed by atoms with Crippen LogP contribution in [-0.4, -0.2) is 28.5 Å².